The number of aliphatic hydroxyl groups is 1. The summed E-state index contributed by atoms with van der Waals surface area (Å²) in [5.74, 6) is -0.161. The van der Waals surface area contributed by atoms with Crippen LogP contribution in [0, 0.1) is 5.41 Å². The summed E-state index contributed by atoms with van der Waals surface area (Å²) >= 11 is 0. The van der Waals surface area contributed by atoms with E-state index in [0.29, 0.717) is 12.0 Å². The number of carbonyl (C=O) groups is 1. The second kappa shape index (κ2) is 11.9. The van der Waals surface area contributed by atoms with Crippen molar-refractivity contribution < 1.29 is 26.9 Å². The molecule has 0 aliphatic heterocycles. The number of ketones is 1. The minimum atomic E-state index is -2.38. The summed E-state index contributed by atoms with van der Waals surface area (Å²) in [6, 6.07) is 32.3. The van der Waals surface area contributed by atoms with Gasteiger partial charge in [0.05, 0.1) is 0 Å². The van der Waals surface area contributed by atoms with Crippen LogP contribution in [-0.2, 0) is 4.79 Å². The number of hydrogen-bond acceptors (Lipinski definition) is 2. The van der Waals surface area contributed by atoms with E-state index in [4.69, 9.17) is 0 Å². The molecule has 1 N–H and O–H groups in total. The summed E-state index contributed by atoms with van der Waals surface area (Å²) in [4.78, 5) is 13.3. The molecular formula is C33H36BrO2P. The minimum Gasteiger partial charge on any atom is -1.00 e. The van der Waals surface area contributed by atoms with Crippen molar-refractivity contribution in [1.82, 2.24) is 0 Å². The molecule has 0 fully saturated rings. The number of benzene rings is 3. The van der Waals surface area contributed by atoms with Crippen LogP contribution in [0.25, 0.3) is 0 Å². The first-order valence-corrected chi connectivity index (χ1v) is 14.4. The zero-order chi connectivity index (χ0) is 25.9. The number of allylic oxidation sites excluding steroid dienone is 4. The average Bonchev–Trinajstić information content (AvgIpc) is 2.89. The first-order chi connectivity index (χ1) is 17.2. The van der Waals surface area contributed by atoms with Gasteiger partial charge in [0.2, 0.25) is 0 Å². The van der Waals surface area contributed by atoms with E-state index in [9.17, 15) is 9.90 Å². The molecule has 0 aromatic heterocycles. The third-order valence-corrected chi connectivity index (χ3v) is 12.0. The van der Waals surface area contributed by atoms with E-state index in [-0.39, 0.29) is 33.8 Å². The molecule has 2 atom stereocenters. The van der Waals surface area contributed by atoms with Gasteiger partial charge in [-0.25, -0.2) is 0 Å². The second-order valence-corrected chi connectivity index (χ2v) is 13.8. The minimum absolute atomic E-state index is 0. The molecular weight excluding hydrogens is 539 g/mol. The SMILES string of the molecule is C=CC(C)=CC(C1=C(C)C(=O)C(O)CC1(C)C)[P+](c1ccccc1)(c1ccccc1)c1ccccc1.[Br-]. The van der Waals surface area contributed by atoms with Gasteiger partial charge in [0.1, 0.15) is 34.9 Å². The Hall–Kier alpha value is -2.58. The standard InChI is InChI=1S/C33H36O2P.BrH/c1-6-24(2)22-30(31-25(3)32(35)29(34)23-33(31,4)5)36(26-16-10-7-11-17-26,27-18-12-8-13-19-27)28-20-14-9-15-21-28;/h6-22,29-30,34H,1,23H2,2-5H3;1H/q+1;/p-1. The lowest BCUT2D eigenvalue weighted by Crippen LogP contribution is -3.00. The lowest BCUT2D eigenvalue weighted by atomic mass is 9.69. The van der Waals surface area contributed by atoms with Crippen molar-refractivity contribution in [2.24, 2.45) is 5.41 Å². The van der Waals surface area contributed by atoms with E-state index >= 15 is 0 Å². The quantitative estimate of drug-likeness (QED) is 0.348. The summed E-state index contributed by atoms with van der Waals surface area (Å²) in [7, 11) is -2.38. The molecule has 192 valence electrons. The molecule has 2 unspecified atom stereocenters. The second-order valence-electron chi connectivity index (χ2n) is 10.3. The van der Waals surface area contributed by atoms with Gasteiger partial charge in [-0.3, -0.25) is 4.79 Å². The number of halogens is 1. The van der Waals surface area contributed by atoms with Gasteiger partial charge >= 0.3 is 0 Å². The van der Waals surface area contributed by atoms with Crippen molar-refractivity contribution in [3.63, 3.8) is 0 Å². The fourth-order valence-corrected chi connectivity index (χ4v) is 11.0. The molecule has 4 heteroatoms. The monoisotopic (exact) mass is 574 g/mol. The predicted molar refractivity (Wildman–Crippen MR) is 155 cm³/mol. The van der Waals surface area contributed by atoms with Crippen LogP contribution in [0.5, 0.6) is 0 Å². The molecule has 0 saturated carbocycles. The van der Waals surface area contributed by atoms with Crippen LogP contribution < -0.4 is 32.9 Å². The van der Waals surface area contributed by atoms with E-state index in [0.717, 1.165) is 11.1 Å². The van der Waals surface area contributed by atoms with Crippen molar-refractivity contribution in [2.45, 2.75) is 45.9 Å². The topological polar surface area (TPSA) is 37.3 Å². The molecule has 0 bridgehead atoms. The fourth-order valence-electron chi connectivity index (χ4n) is 5.82. The Kier molecular flexibility index (Phi) is 9.29. The van der Waals surface area contributed by atoms with Gasteiger partial charge in [-0.05, 0) is 79.3 Å². The van der Waals surface area contributed by atoms with E-state index in [1.54, 1.807) is 0 Å². The Labute approximate surface area is 232 Å². The first-order valence-electron chi connectivity index (χ1n) is 12.5. The Morgan fingerprint density at radius 2 is 1.32 bits per heavy atom. The summed E-state index contributed by atoms with van der Waals surface area (Å²) in [5.41, 5.74) is 2.41. The van der Waals surface area contributed by atoms with Gasteiger partial charge in [-0.15, -0.1) is 0 Å². The fraction of sp³-hybridized carbons (Fsp3) is 0.242. The van der Waals surface area contributed by atoms with Gasteiger partial charge in [-0.2, -0.15) is 0 Å². The Morgan fingerprint density at radius 3 is 1.70 bits per heavy atom. The normalized spacial score (nSPS) is 18.7. The lowest BCUT2D eigenvalue weighted by Gasteiger charge is -2.43. The van der Waals surface area contributed by atoms with Crippen LogP contribution in [-0.4, -0.2) is 22.7 Å². The van der Waals surface area contributed by atoms with Crippen molar-refractivity contribution in [2.75, 3.05) is 0 Å². The zero-order valence-electron chi connectivity index (χ0n) is 22.1. The van der Waals surface area contributed by atoms with Crippen molar-refractivity contribution in [3.05, 3.63) is 126 Å². The molecule has 0 saturated heterocycles. The largest absolute Gasteiger partial charge is 1.00 e. The highest BCUT2D eigenvalue weighted by Crippen LogP contribution is 2.65. The lowest BCUT2D eigenvalue weighted by molar-refractivity contribution is -0.125. The highest BCUT2D eigenvalue weighted by atomic mass is 79.9. The van der Waals surface area contributed by atoms with Crippen LogP contribution in [0.2, 0.25) is 0 Å². The third kappa shape index (κ3) is 5.36. The highest BCUT2D eigenvalue weighted by Gasteiger charge is 2.56. The van der Waals surface area contributed by atoms with E-state index in [1.165, 1.54) is 15.9 Å². The third-order valence-electron chi connectivity index (χ3n) is 7.46. The first kappa shape index (κ1) is 29.0. The molecule has 1 aliphatic rings. The van der Waals surface area contributed by atoms with Crippen LogP contribution in [0.3, 0.4) is 0 Å². The Bertz CT molecular complexity index is 1200. The van der Waals surface area contributed by atoms with E-state index in [2.05, 4.69) is 124 Å². The maximum absolute atomic E-state index is 13.3. The maximum atomic E-state index is 13.3. The molecule has 3 aromatic carbocycles. The maximum Gasteiger partial charge on any atom is 0.187 e. The molecule has 0 spiro atoms. The van der Waals surface area contributed by atoms with E-state index in [1.807, 2.05) is 13.0 Å². The molecule has 0 amide bonds. The molecule has 2 nitrogen and oxygen atoms in total. The van der Waals surface area contributed by atoms with Crippen LogP contribution in [0.1, 0.15) is 34.1 Å². The molecule has 0 radical (unpaired) electrons. The van der Waals surface area contributed by atoms with Crippen LogP contribution in [0.4, 0.5) is 0 Å². The van der Waals surface area contributed by atoms with Crippen molar-refractivity contribution in [1.29, 1.82) is 0 Å². The molecule has 1 aliphatic carbocycles. The number of carbonyl (C=O) groups excluding carboxylic acids is 1. The van der Waals surface area contributed by atoms with Crippen LogP contribution >= 0.6 is 7.26 Å². The van der Waals surface area contributed by atoms with Gasteiger partial charge in [0.15, 0.2) is 5.78 Å². The van der Waals surface area contributed by atoms with E-state index < -0.39 is 13.4 Å². The summed E-state index contributed by atoms with van der Waals surface area (Å²) in [5, 5.41) is 14.4. The predicted octanol–water partition coefficient (Wildman–Crippen LogP) is 3.16. The number of rotatable bonds is 7. The van der Waals surface area contributed by atoms with Gasteiger partial charge < -0.3 is 22.1 Å². The molecule has 0 heterocycles. The Balaban J connectivity index is 0.00000380. The molecule has 4 rings (SSSR count). The van der Waals surface area contributed by atoms with Crippen LogP contribution in [0.15, 0.2) is 126 Å². The number of hydrogen-bond donors (Lipinski definition) is 1. The summed E-state index contributed by atoms with van der Waals surface area (Å²) in [6.45, 7) is 12.4. The summed E-state index contributed by atoms with van der Waals surface area (Å²) < 4.78 is 0. The average molecular weight is 576 g/mol. The van der Waals surface area contributed by atoms with Gasteiger partial charge in [0.25, 0.3) is 0 Å². The molecule has 3 aromatic rings. The van der Waals surface area contributed by atoms with Crippen molar-refractivity contribution >= 4 is 29.0 Å². The van der Waals surface area contributed by atoms with Gasteiger partial charge in [0, 0.05) is 0 Å². The Morgan fingerprint density at radius 1 is 0.919 bits per heavy atom. The number of Topliss-reactive ketones (excluding diaryl/α,β-unsaturated/α-hetero) is 1. The molecule has 37 heavy (non-hydrogen) atoms. The van der Waals surface area contributed by atoms with Gasteiger partial charge in [-0.1, -0.05) is 86.7 Å². The smallest absolute Gasteiger partial charge is 0.187 e. The zero-order valence-corrected chi connectivity index (χ0v) is 24.5. The summed E-state index contributed by atoms with van der Waals surface area (Å²) in [6.07, 6.45) is 3.66. The number of aliphatic hydroxyl groups excluding tert-OH is 1. The highest BCUT2D eigenvalue weighted by molar-refractivity contribution is 7.96. The van der Waals surface area contributed by atoms with Crippen molar-refractivity contribution in [3.8, 4) is 0 Å².